The highest BCUT2D eigenvalue weighted by molar-refractivity contribution is 6.31. The number of hydrogen-bond donors (Lipinski definition) is 1. The lowest BCUT2D eigenvalue weighted by atomic mass is 10.1. The van der Waals surface area contributed by atoms with Crippen molar-refractivity contribution in [3.05, 3.63) is 75.1 Å². The Morgan fingerprint density at radius 2 is 1.94 bits per heavy atom. The summed E-state index contributed by atoms with van der Waals surface area (Å²) in [6.45, 7) is 4.42. The van der Waals surface area contributed by atoms with Crippen molar-refractivity contribution in [2.75, 3.05) is 6.54 Å². The lowest BCUT2D eigenvalue weighted by Crippen LogP contribution is -2.32. The molecule has 0 spiro atoms. The molecule has 158 valence electrons. The van der Waals surface area contributed by atoms with Crippen LogP contribution in [0.3, 0.4) is 0 Å². The van der Waals surface area contributed by atoms with Crippen LogP contribution < -0.4 is 5.56 Å². The molecule has 1 amide bonds. The largest absolute Gasteiger partial charge is 0.334 e. The highest BCUT2D eigenvalue weighted by atomic mass is 35.5. The Bertz CT molecular complexity index is 1300. The Kier molecular flexibility index (Phi) is 5.81. The van der Waals surface area contributed by atoms with E-state index >= 15 is 0 Å². The molecule has 31 heavy (non-hydrogen) atoms. The lowest BCUT2D eigenvalue weighted by molar-refractivity contribution is 0.0739. The average Bonchev–Trinajstić information content (AvgIpc) is 3.19. The Balaban J connectivity index is 1.59. The Hall–Kier alpha value is -3.52. The SMILES string of the molecule is CCCN(Cc1nc2cc(Cl)ccc2c(=O)[nH]1)C(=O)c1ccc(-c2nc(C)no2)cc1. The molecule has 2 heterocycles. The van der Waals surface area contributed by atoms with Gasteiger partial charge in [-0.1, -0.05) is 23.7 Å². The van der Waals surface area contributed by atoms with E-state index in [1.165, 1.54) is 0 Å². The molecule has 0 bridgehead atoms. The van der Waals surface area contributed by atoms with Gasteiger partial charge in [0.05, 0.1) is 17.4 Å². The molecule has 0 aliphatic carbocycles. The van der Waals surface area contributed by atoms with Crippen LogP contribution in [0.15, 0.2) is 51.8 Å². The van der Waals surface area contributed by atoms with Crippen molar-refractivity contribution in [3.8, 4) is 11.5 Å². The van der Waals surface area contributed by atoms with Crippen LogP contribution in [0.5, 0.6) is 0 Å². The predicted molar refractivity (Wildman–Crippen MR) is 117 cm³/mol. The molecule has 4 aromatic rings. The molecule has 0 aliphatic rings. The van der Waals surface area contributed by atoms with Gasteiger partial charge in [0.2, 0.25) is 0 Å². The van der Waals surface area contributed by atoms with Gasteiger partial charge in [-0.05, 0) is 55.8 Å². The number of rotatable bonds is 6. The minimum atomic E-state index is -0.264. The summed E-state index contributed by atoms with van der Waals surface area (Å²) in [7, 11) is 0. The highest BCUT2D eigenvalue weighted by Crippen LogP contribution is 2.19. The summed E-state index contributed by atoms with van der Waals surface area (Å²) >= 11 is 6.04. The second kappa shape index (κ2) is 8.69. The molecule has 0 atom stereocenters. The van der Waals surface area contributed by atoms with Crippen LogP contribution in [-0.2, 0) is 6.54 Å². The van der Waals surface area contributed by atoms with Crippen LogP contribution in [0, 0.1) is 6.92 Å². The van der Waals surface area contributed by atoms with Crippen LogP contribution in [0.1, 0.15) is 35.4 Å². The first-order valence-electron chi connectivity index (χ1n) is 9.83. The van der Waals surface area contributed by atoms with Gasteiger partial charge in [0.25, 0.3) is 17.4 Å². The summed E-state index contributed by atoms with van der Waals surface area (Å²) in [5, 5.41) is 4.73. The fraction of sp³-hybridized carbons (Fsp3) is 0.227. The Morgan fingerprint density at radius 1 is 1.16 bits per heavy atom. The van der Waals surface area contributed by atoms with Gasteiger partial charge in [-0.25, -0.2) is 4.98 Å². The summed E-state index contributed by atoms with van der Waals surface area (Å²) in [6.07, 6.45) is 0.759. The summed E-state index contributed by atoms with van der Waals surface area (Å²) < 4.78 is 5.16. The zero-order chi connectivity index (χ0) is 22.0. The normalized spacial score (nSPS) is 11.1. The smallest absolute Gasteiger partial charge is 0.258 e. The zero-order valence-electron chi connectivity index (χ0n) is 17.1. The summed E-state index contributed by atoms with van der Waals surface area (Å²) in [5.41, 5.74) is 1.48. The van der Waals surface area contributed by atoms with E-state index in [1.807, 2.05) is 6.92 Å². The molecule has 0 radical (unpaired) electrons. The predicted octanol–water partition coefficient (Wildman–Crippen LogP) is 3.99. The van der Waals surface area contributed by atoms with Crippen LogP contribution in [0.2, 0.25) is 5.02 Å². The fourth-order valence-corrected chi connectivity index (χ4v) is 3.46. The van der Waals surface area contributed by atoms with Gasteiger partial charge in [0.1, 0.15) is 5.82 Å². The van der Waals surface area contributed by atoms with E-state index in [-0.39, 0.29) is 18.0 Å². The van der Waals surface area contributed by atoms with Crippen molar-refractivity contribution < 1.29 is 9.32 Å². The third kappa shape index (κ3) is 4.49. The highest BCUT2D eigenvalue weighted by Gasteiger charge is 2.18. The molecular formula is C22H20ClN5O3. The number of fused-ring (bicyclic) bond motifs is 1. The van der Waals surface area contributed by atoms with E-state index in [0.717, 1.165) is 12.0 Å². The number of carbonyl (C=O) groups excluding carboxylic acids is 1. The first-order valence-corrected chi connectivity index (χ1v) is 10.2. The molecule has 0 aliphatic heterocycles. The number of aryl methyl sites for hydroxylation is 1. The van der Waals surface area contributed by atoms with E-state index in [9.17, 15) is 9.59 Å². The van der Waals surface area contributed by atoms with Crippen molar-refractivity contribution in [1.29, 1.82) is 0 Å². The number of nitrogens with one attached hydrogen (secondary N) is 1. The monoisotopic (exact) mass is 437 g/mol. The summed E-state index contributed by atoms with van der Waals surface area (Å²) in [6, 6.07) is 11.9. The number of nitrogens with zero attached hydrogens (tertiary/aromatic N) is 4. The second-order valence-corrected chi connectivity index (χ2v) is 7.56. The van der Waals surface area contributed by atoms with E-state index in [2.05, 4.69) is 20.1 Å². The van der Waals surface area contributed by atoms with Gasteiger partial charge < -0.3 is 14.4 Å². The maximum Gasteiger partial charge on any atom is 0.258 e. The van der Waals surface area contributed by atoms with Gasteiger partial charge in [-0.3, -0.25) is 9.59 Å². The number of hydrogen-bond acceptors (Lipinski definition) is 6. The van der Waals surface area contributed by atoms with Crippen molar-refractivity contribution in [2.24, 2.45) is 0 Å². The standard InChI is InChI=1S/C22H20ClN5O3/c1-3-10-28(12-19-25-18-11-16(23)8-9-17(18)20(29)26-19)22(30)15-6-4-14(5-7-15)21-24-13(2)27-31-21/h4-9,11H,3,10,12H2,1-2H3,(H,25,26,29). The molecule has 1 N–H and O–H groups in total. The Morgan fingerprint density at radius 3 is 2.61 bits per heavy atom. The minimum Gasteiger partial charge on any atom is -0.334 e. The molecule has 2 aromatic carbocycles. The minimum absolute atomic E-state index is 0.163. The van der Waals surface area contributed by atoms with Gasteiger partial charge in [-0.15, -0.1) is 0 Å². The van der Waals surface area contributed by atoms with E-state index in [1.54, 1.807) is 54.3 Å². The molecular weight excluding hydrogens is 418 g/mol. The Labute approximate surface area is 182 Å². The van der Waals surface area contributed by atoms with Crippen LogP contribution in [0.4, 0.5) is 0 Å². The van der Waals surface area contributed by atoms with E-state index in [4.69, 9.17) is 16.1 Å². The number of aromatic amines is 1. The first-order chi connectivity index (χ1) is 14.9. The molecule has 2 aromatic heterocycles. The summed E-state index contributed by atoms with van der Waals surface area (Å²) in [5.74, 6) is 1.18. The van der Waals surface area contributed by atoms with E-state index in [0.29, 0.717) is 45.6 Å². The van der Waals surface area contributed by atoms with Gasteiger partial charge in [0.15, 0.2) is 5.82 Å². The maximum absolute atomic E-state index is 13.1. The number of benzene rings is 2. The third-order valence-corrected chi connectivity index (χ3v) is 4.98. The maximum atomic E-state index is 13.1. The number of amides is 1. The van der Waals surface area contributed by atoms with Crippen molar-refractivity contribution >= 4 is 28.4 Å². The lowest BCUT2D eigenvalue weighted by Gasteiger charge is -2.22. The number of aromatic nitrogens is 4. The average molecular weight is 438 g/mol. The molecule has 0 fully saturated rings. The second-order valence-electron chi connectivity index (χ2n) is 7.12. The molecule has 0 unspecified atom stereocenters. The number of halogens is 1. The number of H-pyrrole nitrogens is 1. The van der Waals surface area contributed by atoms with Crippen LogP contribution >= 0.6 is 11.6 Å². The fourth-order valence-electron chi connectivity index (χ4n) is 3.29. The first kappa shape index (κ1) is 20.7. The van der Waals surface area contributed by atoms with Gasteiger partial charge in [-0.2, -0.15) is 4.98 Å². The molecule has 0 saturated heterocycles. The number of carbonyl (C=O) groups is 1. The van der Waals surface area contributed by atoms with Crippen LogP contribution in [-0.4, -0.2) is 37.5 Å². The van der Waals surface area contributed by atoms with Crippen molar-refractivity contribution in [2.45, 2.75) is 26.8 Å². The van der Waals surface area contributed by atoms with Crippen molar-refractivity contribution in [1.82, 2.24) is 25.0 Å². The van der Waals surface area contributed by atoms with Gasteiger partial charge in [0, 0.05) is 22.7 Å². The molecule has 4 rings (SSSR count). The zero-order valence-corrected chi connectivity index (χ0v) is 17.8. The molecule has 8 nitrogen and oxygen atoms in total. The summed E-state index contributed by atoms with van der Waals surface area (Å²) in [4.78, 5) is 38.6. The quantitative estimate of drug-likeness (QED) is 0.489. The van der Waals surface area contributed by atoms with Crippen LogP contribution in [0.25, 0.3) is 22.4 Å². The van der Waals surface area contributed by atoms with Crippen molar-refractivity contribution in [3.63, 3.8) is 0 Å². The topological polar surface area (TPSA) is 105 Å². The molecule has 9 heteroatoms. The van der Waals surface area contributed by atoms with E-state index < -0.39 is 0 Å². The van der Waals surface area contributed by atoms with Gasteiger partial charge >= 0.3 is 0 Å². The molecule has 0 saturated carbocycles. The third-order valence-electron chi connectivity index (χ3n) is 4.75.